The highest BCUT2D eigenvalue weighted by molar-refractivity contribution is 6.02. The van der Waals surface area contributed by atoms with Crippen LogP contribution in [0.3, 0.4) is 0 Å². The summed E-state index contributed by atoms with van der Waals surface area (Å²) in [6.45, 7) is 7.55. The summed E-state index contributed by atoms with van der Waals surface area (Å²) in [5, 5.41) is 3.91. The molecule has 1 aromatic heterocycles. The molecular formula is C18H26N2O4. The molecule has 0 saturated carbocycles. The van der Waals surface area contributed by atoms with Crippen molar-refractivity contribution in [3.8, 4) is 5.75 Å². The van der Waals surface area contributed by atoms with Crippen LogP contribution >= 0.6 is 0 Å². The third-order valence-electron chi connectivity index (χ3n) is 4.09. The van der Waals surface area contributed by atoms with Gasteiger partial charge in [-0.25, -0.2) is 0 Å². The van der Waals surface area contributed by atoms with Crippen LogP contribution in [-0.2, 0) is 16.0 Å². The van der Waals surface area contributed by atoms with Crippen molar-refractivity contribution in [3.63, 3.8) is 0 Å². The van der Waals surface area contributed by atoms with E-state index in [2.05, 4.69) is 5.32 Å². The van der Waals surface area contributed by atoms with Gasteiger partial charge < -0.3 is 24.1 Å². The second-order valence-electron chi connectivity index (χ2n) is 5.44. The molecule has 0 aliphatic carbocycles. The van der Waals surface area contributed by atoms with Crippen molar-refractivity contribution < 1.29 is 19.0 Å². The lowest BCUT2D eigenvalue weighted by atomic mass is 10.1. The summed E-state index contributed by atoms with van der Waals surface area (Å²) in [5.41, 5.74) is 2.63. The van der Waals surface area contributed by atoms with Crippen molar-refractivity contribution in [3.05, 3.63) is 29.5 Å². The predicted octanol–water partition coefficient (Wildman–Crippen LogP) is 2.72. The molecule has 0 atom stereocenters. The Bertz CT molecular complexity index is 705. The van der Waals surface area contributed by atoms with Gasteiger partial charge in [-0.2, -0.15) is 0 Å². The monoisotopic (exact) mass is 334 g/mol. The van der Waals surface area contributed by atoms with Gasteiger partial charge in [0.05, 0.1) is 13.2 Å². The average Bonchev–Trinajstić information content (AvgIpc) is 2.87. The summed E-state index contributed by atoms with van der Waals surface area (Å²) in [5.74, 6) is 0.676. The Balaban J connectivity index is 2.38. The third kappa shape index (κ3) is 3.55. The summed E-state index contributed by atoms with van der Waals surface area (Å²) in [6.07, 6.45) is -0.460. The van der Waals surface area contributed by atoms with Gasteiger partial charge in [0, 0.05) is 31.7 Å². The number of aromatic nitrogens is 1. The van der Waals surface area contributed by atoms with Crippen molar-refractivity contribution in [1.82, 2.24) is 9.88 Å². The van der Waals surface area contributed by atoms with E-state index in [0.717, 1.165) is 22.2 Å². The second-order valence-corrected chi connectivity index (χ2v) is 5.44. The third-order valence-corrected chi connectivity index (χ3v) is 4.09. The van der Waals surface area contributed by atoms with E-state index in [1.165, 1.54) is 0 Å². The van der Waals surface area contributed by atoms with Crippen LogP contribution in [0.1, 0.15) is 29.9 Å². The van der Waals surface area contributed by atoms with Gasteiger partial charge in [-0.1, -0.05) is 0 Å². The topological polar surface area (TPSA) is 61.7 Å². The maximum Gasteiger partial charge on any atom is 0.268 e. The molecule has 132 valence electrons. The smallest absolute Gasteiger partial charge is 0.268 e. The molecule has 0 aliphatic rings. The molecule has 2 aromatic rings. The summed E-state index contributed by atoms with van der Waals surface area (Å²) < 4.78 is 17.8. The van der Waals surface area contributed by atoms with Crippen molar-refractivity contribution >= 4 is 16.8 Å². The number of benzene rings is 1. The predicted molar refractivity (Wildman–Crippen MR) is 93.7 cm³/mol. The minimum absolute atomic E-state index is 0.136. The van der Waals surface area contributed by atoms with E-state index in [1.54, 1.807) is 14.2 Å². The summed E-state index contributed by atoms with van der Waals surface area (Å²) >= 11 is 0. The Morgan fingerprint density at radius 3 is 2.54 bits per heavy atom. The van der Waals surface area contributed by atoms with Crippen molar-refractivity contribution in [2.45, 2.75) is 33.6 Å². The zero-order valence-corrected chi connectivity index (χ0v) is 15.0. The molecule has 0 unspecified atom stereocenters. The minimum atomic E-state index is -0.460. The van der Waals surface area contributed by atoms with Gasteiger partial charge in [0.1, 0.15) is 11.4 Å². The largest absolute Gasteiger partial charge is 0.494 e. The van der Waals surface area contributed by atoms with Crippen LogP contribution in [0.5, 0.6) is 5.75 Å². The molecule has 24 heavy (non-hydrogen) atoms. The molecule has 0 aliphatic heterocycles. The first-order valence-corrected chi connectivity index (χ1v) is 8.16. The number of carbonyl (C=O) groups is 1. The highest BCUT2D eigenvalue weighted by Crippen LogP contribution is 2.29. The Labute approximate surface area is 142 Å². The number of aryl methyl sites for hydroxylation is 2. The molecule has 0 saturated heterocycles. The average molecular weight is 334 g/mol. The summed E-state index contributed by atoms with van der Waals surface area (Å²) in [4.78, 5) is 12.7. The van der Waals surface area contributed by atoms with Gasteiger partial charge in [0.15, 0.2) is 6.29 Å². The standard InChI is InChI=1S/C18H26N2O4/c1-6-20-15-9-8-13(24-7-2)10-14(15)12(3)17(20)18(21)19-11-16(22-4)23-5/h8-10,16H,6-7,11H2,1-5H3,(H,19,21). The molecule has 0 radical (unpaired) electrons. The SMILES string of the molecule is CCOc1ccc2c(c1)c(C)c(C(=O)NCC(OC)OC)n2CC. The Kier molecular flexibility index (Phi) is 6.23. The molecule has 1 N–H and O–H groups in total. The van der Waals surface area contributed by atoms with Gasteiger partial charge >= 0.3 is 0 Å². The number of fused-ring (bicyclic) bond motifs is 1. The minimum Gasteiger partial charge on any atom is -0.494 e. The molecular weight excluding hydrogens is 308 g/mol. The van der Waals surface area contributed by atoms with Crippen LogP contribution in [0.4, 0.5) is 0 Å². The molecule has 0 fully saturated rings. The maximum absolute atomic E-state index is 12.7. The fraction of sp³-hybridized carbons (Fsp3) is 0.500. The van der Waals surface area contributed by atoms with E-state index in [1.807, 2.05) is 43.5 Å². The van der Waals surface area contributed by atoms with Crippen LogP contribution in [0.25, 0.3) is 10.9 Å². The van der Waals surface area contributed by atoms with Crippen molar-refractivity contribution in [2.75, 3.05) is 27.4 Å². The Morgan fingerprint density at radius 1 is 1.25 bits per heavy atom. The van der Waals surface area contributed by atoms with E-state index >= 15 is 0 Å². The molecule has 1 amide bonds. The molecule has 0 spiro atoms. The lowest BCUT2D eigenvalue weighted by Gasteiger charge is -2.15. The number of rotatable bonds is 8. The van der Waals surface area contributed by atoms with Crippen LogP contribution in [0.2, 0.25) is 0 Å². The Morgan fingerprint density at radius 2 is 1.96 bits per heavy atom. The lowest BCUT2D eigenvalue weighted by molar-refractivity contribution is -0.0974. The van der Waals surface area contributed by atoms with Gasteiger partial charge in [-0.05, 0) is 44.5 Å². The number of nitrogens with zero attached hydrogens (tertiary/aromatic N) is 1. The molecule has 1 aromatic carbocycles. The van der Waals surface area contributed by atoms with Gasteiger partial charge in [0.2, 0.25) is 0 Å². The van der Waals surface area contributed by atoms with E-state index in [-0.39, 0.29) is 5.91 Å². The lowest BCUT2D eigenvalue weighted by Crippen LogP contribution is -2.35. The molecule has 6 nitrogen and oxygen atoms in total. The van der Waals surface area contributed by atoms with E-state index in [9.17, 15) is 4.79 Å². The van der Waals surface area contributed by atoms with E-state index < -0.39 is 6.29 Å². The second kappa shape index (κ2) is 8.17. The van der Waals surface area contributed by atoms with Crippen molar-refractivity contribution in [2.24, 2.45) is 0 Å². The fourth-order valence-corrected chi connectivity index (χ4v) is 2.90. The first kappa shape index (κ1) is 18.3. The first-order valence-electron chi connectivity index (χ1n) is 8.16. The van der Waals surface area contributed by atoms with Crippen LogP contribution in [0.15, 0.2) is 18.2 Å². The number of carbonyl (C=O) groups excluding carboxylic acids is 1. The van der Waals surface area contributed by atoms with Gasteiger partial charge in [-0.15, -0.1) is 0 Å². The molecule has 2 rings (SSSR count). The summed E-state index contributed by atoms with van der Waals surface area (Å²) in [6, 6.07) is 5.93. The van der Waals surface area contributed by atoms with Crippen LogP contribution < -0.4 is 10.1 Å². The number of amides is 1. The number of methoxy groups -OCH3 is 2. The van der Waals surface area contributed by atoms with E-state index in [0.29, 0.717) is 25.4 Å². The molecule has 1 heterocycles. The zero-order chi connectivity index (χ0) is 17.7. The number of nitrogens with one attached hydrogen (secondary N) is 1. The van der Waals surface area contributed by atoms with E-state index in [4.69, 9.17) is 14.2 Å². The van der Waals surface area contributed by atoms with Crippen molar-refractivity contribution in [1.29, 1.82) is 0 Å². The number of ether oxygens (including phenoxy) is 3. The van der Waals surface area contributed by atoms with Crippen LogP contribution in [0, 0.1) is 6.92 Å². The van der Waals surface area contributed by atoms with Crippen LogP contribution in [-0.4, -0.2) is 44.1 Å². The van der Waals surface area contributed by atoms with Gasteiger partial charge in [-0.3, -0.25) is 4.79 Å². The van der Waals surface area contributed by atoms with Gasteiger partial charge in [0.25, 0.3) is 5.91 Å². The highest BCUT2D eigenvalue weighted by Gasteiger charge is 2.20. The number of hydrogen-bond donors (Lipinski definition) is 1. The quantitative estimate of drug-likeness (QED) is 0.754. The zero-order valence-electron chi connectivity index (χ0n) is 15.0. The first-order chi connectivity index (χ1) is 11.6. The highest BCUT2D eigenvalue weighted by atomic mass is 16.7. The number of hydrogen-bond acceptors (Lipinski definition) is 4. The maximum atomic E-state index is 12.7. The normalized spacial score (nSPS) is 11.2. The fourth-order valence-electron chi connectivity index (χ4n) is 2.90. The molecule has 0 bridgehead atoms. The Hall–Kier alpha value is -2.05. The molecule has 6 heteroatoms. The summed E-state index contributed by atoms with van der Waals surface area (Å²) in [7, 11) is 3.09.